The molecular weight excluding hydrogens is 433 g/mol. The molecule has 0 saturated carbocycles. The Morgan fingerprint density at radius 3 is 1.69 bits per heavy atom. The molecule has 0 saturated heterocycles. The summed E-state index contributed by atoms with van der Waals surface area (Å²) < 4.78 is 92.6. The van der Waals surface area contributed by atoms with Crippen molar-refractivity contribution in [2.24, 2.45) is 0 Å². The number of halogens is 7. The first-order valence-corrected chi connectivity index (χ1v) is 9.59. The summed E-state index contributed by atoms with van der Waals surface area (Å²) in [6, 6.07) is 14.4. The van der Waals surface area contributed by atoms with Crippen molar-refractivity contribution in [2.75, 3.05) is 0 Å². The Hall–Kier alpha value is -3.35. The van der Waals surface area contributed by atoms with Gasteiger partial charge in [0.25, 0.3) is 0 Å². The molecule has 0 aromatic heterocycles. The average Bonchev–Trinajstić information content (AvgIpc) is 2.75. The fourth-order valence-electron chi connectivity index (χ4n) is 3.06. The van der Waals surface area contributed by atoms with Crippen molar-refractivity contribution < 1.29 is 30.7 Å². The Labute approximate surface area is 180 Å². The maximum Gasteiger partial charge on any atom is 0.422 e. The zero-order valence-corrected chi connectivity index (χ0v) is 16.8. The second kappa shape index (κ2) is 9.42. The summed E-state index contributed by atoms with van der Waals surface area (Å²) in [6.45, 7) is 1.52. The fourth-order valence-corrected chi connectivity index (χ4v) is 3.06. The molecule has 0 aliphatic heterocycles. The van der Waals surface area contributed by atoms with Crippen molar-refractivity contribution in [3.63, 3.8) is 0 Å². The van der Waals surface area contributed by atoms with Crippen molar-refractivity contribution in [3.8, 4) is 11.1 Å². The number of benzene rings is 3. The summed E-state index contributed by atoms with van der Waals surface area (Å²) >= 11 is 0. The normalized spacial score (nSPS) is 12.9. The van der Waals surface area contributed by atoms with E-state index in [1.54, 1.807) is 36.4 Å². The largest absolute Gasteiger partial charge is 0.422 e. The van der Waals surface area contributed by atoms with Gasteiger partial charge in [0.2, 0.25) is 0 Å². The van der Waals surface area contributed by atoms with Crippen LogP contribution in [-0.2, 0) is 6.18 Å². The van der Waals surface area contributed by atoms with Crippen LogP contribution in [0.5, 0.6) is 0 Å². The molecule has 0 heterocycles. The highest BCUT2D eigenvalue weighted by Crippen LogP contribution is 2.34. The van der Waals surface area contributed by atoms with Gasteiger partial charge in [0.05, 0.1) is 0 Å². The van der Waals surface area contributed by atoms with Gasteiger partial charge in [-0.15, -0.1) is 0 Å². The topological polar surface area (TPSA) is 0 Å². The third-order valence-electron chi connectivity index (χ3n) is 4.75. The van der Waals surface area contributed by atoms with Gasteiger partial charge in [0.1, 0.15) is 23.0 Å². The van der Waals surface area contributed by atoms with Crippen molar-refractivity contribution in [1.29, 1.82) is 0 Å². The smallest absolute Gasteiger partial charge is 0.209 e. The summed E-state index contributed by atoms with van der Waals surface area (Å²) in [6.07, 6.45) is -2.35. The lowest BCUT2D eigenvalue weighted by Crippen LogP contribution is -2.11. The van der Waals surface area contributed by atoms with Crippen LogP contribution in [0.25, 0.3) is 29.1 Å². The quantitative estimate of drug-likeness (QED) is 0.269. The number of rotatable bonds is 5. The minimum absolute atomic E-state index is 0.0334. The van der Waals surface area contributed by atoms with Gasteiger partial charge in [-0.25, -0.2) is 17.6 Å². The lowest BCUT2D eigenvalue weighted by atomic mass is 10.0. The molecule has 0 nitrogen and oxygen atoms in total. The summed E-state index contributed by atoms with van der Waals surface area (Å²) in [4.78, 5) is 0. The monoisotopic (exact) mass is 450 g/mol. The second-order valence-corrected chi connectivity index (χ2v) is 6.96. The van der Waals surface area contributed by atoms with Gasteiger partial charge in [-0.2, -0.15) is 13.2 Å². The van der Waals surface area contributed by atoms with Crippen molar-refractivity contribution >= 4 is 18.0 Å². The Morgan fingerprint density at radius 2 is 1.22 bits per heavy atom. The third kappa shape index (κ3) is 5.28. The van der Waals surface area contributed by atoms with Crippen molar-refractivity contribution in [3.05, 3.63) is 100 Å². The van der Waals surface area contributed by atoms with Crippen LogP contribution in [0.4, 0.5) is 30.7 Å². The lowest BCUT2D eigenvalue weighted by molar-refractivity contribution is -0.142. The van der Waals surface area contributed by atoms with Crippen molar-refractivity contribution in [2.45, 2.75) is 19.5 Å². The molecule has 3 rings (SSSR count). The van der Waals surface area contributed by atoms with Gasteiger partial charge in [-0.05, 0) is 40.8 Å². The van der Waals surface area contributed by atoms with Gasteiger partial charge in [-0.1, -0.05) is 67.6 Å². The molecule has 0 atom stereocenters. The Bertz CT molecular complexity index is 1130. The Kier molecular flexibility index (Phi) is 6.87. The van der Waals surface area contributed by atoms with Crippen LogP contribution < -0.4 is 0 Å². The molecule has 3 aromatic carbocycles. The molecule has 0 unspecified atom stereocenters. The molecular formula is C25H17F7. The fraction of sp³-hybridized carbons (Fsp3) is 0.120. The van der Waals surface area contributed by atoms with E-state index in [0.717, 1.165) is 11.1 Å². The number of hydrogen-bond acceptors (Lipinski definition) is 0. The Morgan fingerprint density at radius 1 is 0.750 bits per heavy atom. The molecule has 0 aliphatic rings. The zero-order chi connectivity index (χ0) is 23.5. The maximum atomic E-state index is 13.9. The van der Waals surface area contributed by atoms with Crippen LogP contribution in [0.3, 0.4) is 0 Å². The molecule has 3 aromatic rings. The minimum Gasteiger partial charge on any atom is -0.209 e. The highest BCUT2D eigenvalue weighted by Gasteiger charge is 2.37. The van der Waals surface area contributed by atoms with E-state index >= 15 is 0 Å². The first kappa shape index (κ1) is 23.3. The number of alkyl halides is 3. The molecule has 32 heavy (non-hydrogen) atoms. The molecule has 7 heteroatoms. The van der Waals surface area contributed by atoms with Crippen LogP contribution in [0.2, 0.25) is 0 Å². The lowest BCUT2D eigenvalue weighted by Gasteiger charge is -2.09. The molecule has 0 aliphatic carbocycles. The highest BCUT2D eigenvalue weighted by atomic mass is 19.4. The molecule has 0 N–H and O–H groups in total. The van der Waals surface area contributed by atoms with Gasteiger partial charge < -0.3 is 0 Å². The first-order valence-electron chi connectivity index (χ1n) is 9.59. The van der Waals surface area contributed by atoms with E-state index in [4.69, 9.17) is 0 Å². The van der Waals surface area contributed by atoms with E-state index < -0.39 is 35.0 Å². The molecule has 0 fully saturated rings. The van der Waals surface area contributed by atoms with Gasteiger partial charge >= 0.3 is 6.18 Å². The van der Waals surface area contributed by atoms with E-state index in [0.29, 0.717) is 17.7 Å². The summed E-state index contributed by atoms with van der Waals surface area (Å²) in [5.41, 5.74) is 0.371. The molecule has 0 spiro atoms. The summed E-state index contributed by atoms with van der Waals surface area (Å²) in [5.74, 6) is -5.07. The van der Waals surface area contributed by atoms with Crippen LogP contribution in [0, 0.1) is 11.6 Å². The van der Waals surface area contributed by atoms with Crippen LogP contribution >= 0.6 is 0 Å². The zero-order valence-electron chi connectivity index (χ0n) is 16.8. The highest BCUT2D eigenvalue weighted by molar-refractivity contribution is 5.73. The van der Waals surface area contributed by atoms with Gasteiger partial charge in [0.15, 0.2) is 5.83 Å². The van der Waals surface area contributed by atoms with E-state index in [-0.39, 0.29) is 17.5 Å². The summed E-state index contributed by atoms with van der Waals surface area (Å²) in [7, 11) is 0. The van der Waals surface area contributed by atoms with Crippen molar-refractivity contribution in [1.82, 2.24) is 0 Å². The van der Waals surface area contributed by atoms with Crippen LogP contribution in [-0.4, -0.2) is 0 Å². The molecule has 0 radical (unpaired) electrons. The third-order valence-corrected chi connectivity index (χ3v) is 4.75. The maximum absolute atomic E-state index is 13.9. The minimum atomic E-state index is -5.11. The van der Waals surface area contributed by atoms with Gasteiger partial charge in [0, 0.05) is 5.56 Å². The van der Waals surface area contributed by atoms with E-state index in [9.17, 15) is 30.7 Å². The first-order chi connectivity index (χ1) is 15.1. The second-order valence-electron chi connectivity index (χ2n) is 6.96. The molecule has 0 amide bonds. The summed E-state index contributed by atoms with van der Waals surface area (Å²) in [5, 5.41) is 0. The Balaban J connectivity index is 1.77. The molecule has 0 bridgehead atoms. The van der Waals surface area contributed by atoms with Crippen LogP contribution in [0.15, 0.2) is 66.5 Å². The SMILES string of the molecule is CCC(F)=C(F)c1ccc(-c2ccc(C=Cc3cc(F)c(C(F)(F)F)c(F)c3)cc2)cc1. The van der Waals surface area contributed by atoms with Gasteiger partial charge in [-0.3, -0.25) is 0 Å². The molecule has 166 valence electrons. The van der Waals surface area contributed by atoms with Crippen LogP contribution in [0.1, 0.15) is 35.6 Å². The predicted octanol–water partition coefficient (Wildman–Crippen LogP) is 8.84. The van der Waals surface area contributed by atoms with E-state index in [2.05, 4.69) is 0 Å². The number of hydrogen-bond donors (Lipinski definition) is 0. The van der Waals surface area contributed by atoms with E-state index in [1.807, 2.05) is 0 Å². The van der Waals surface area contributed by atoms with E-state index in [1.165, 1.54) is 31.2 Å². The number of allylic oxidation sites excluding steroid dienone is 1. The average molecular weight is 450 g/mol. The standard InChI is InChI=1S/C25H17F7/c1-2-20(26)24(29)19-11-9-18(10-12-19)17-7-5-15(6-8-17)3-4-16-13-21(27)23(22(28)14-16)25(30,31)32/h3-14H,2H2,1H3. The predicted molar refractivity (Wildman–Crippen MR) is 112 cm³/mol.